The normalized spacial score (nSPS) is 10.8. The van der Waals surface area contributed by atoms with Crippen molar-refractivity contribution in [1.82, 2.24) is 20.6 Å². The van der Waals surface area contributed by atoms with Gasteiger partial charge < -0.3 is 5.73 Å². The molecule has 0 atom stereocenters. The third-order valence-corrected chi connectivity index (χ3v) is 2.61. The largest absolute Gasteiger partial charge is 0.366 e. The predicted molar refractivity (Wildman–Crippen MR) is 72.3 cm³/mol. The van der Waals surface area contributed by atoms with Gasteiger partial charge in [0.1, 0.15) is 0 Å². The van der Waals surface area contributed by atoms with Gasteiger partial charge in [-0.3, -0.25) is 9.89 Å². The molecule has 0 radical (unpaired) electrons. The first-order chi connectivity index (χ1) is 9.06. The fourth-order valence-corrected chi connectivity index (χ4v) is 1.65. The van der Waals surface area contributed by atoms with Gasteiger partial charge in [0, 0.05) is 10.6 Å². The van der Waals surface area contributed by atoms with Crippen molar-refractivity contribution in [3.63, 3.8) is 0 Å². The van der Waals surface area contributed by atoms with E-state index in [1.807, 2.05) is 0 Å². The summed E-state index contributed by atoms with van der Waals surface area (Å²) in [6.45, 7) is 0. The number of hydrazone groups is 1. The lowest BCUT2D eigenvalue weighted by molar-refractivity contribution is 0.0945. The maximum absolute atomic E-state index is 11.5. The highest BCUT2D eigenvalue weighted by Crippen LogP contribution is 2.19. The van der Waals surface area contributed by atoms with Crippen molar-refractivity contribution in [3.05, 3.63) is 39.6 Å². The molecule has 0 saturated carbocycles. The number of carbonyl (C=O) groups excluding carboxylic acids is 1. The molecule has 0 aliphatic heterocycles. The highest BCUT2D eigenvalue weighted by atomic mass is 35.5. The zero-order chi connectivity index (χ0) is 13.8. The minimum atomic E-state index is -0.564. The van der Waals surface area contributed by atoms with Gasteiger partial charge in [-0.05, 0) is 12.1 Å². The van der Waals surface area contributed by atoms with Crippen LogP contribution in [0.3, 0.4) is 0 Å². The van der Waals surface area contributed by atoms with E-state index in [0.717, 1.165) is 0 Å². The molecule has 19 heavy (non-hydrogen) atoms. The molecule has 0 aliphatic rings. The predicted octanol–water partition coefficient (Wildman–Crippen LogP) is 1.46. The molecule has 1 aromatic carbocycles. The smallest absolute Gasteiger partial charge is 0.308 e. The number of rotatable bonds is 3. The first kappa shape index (κ1) is 13.3. The van der Waals surface area contributed by atoms with E-state index >= 15 is 0 Å². The summed E-state index contributed by atoms with van der Waals surface area (Å²) in [6, 6.07) is 4.91. The zero-order valence-electron chi connectivity index (χ0n) is 9.39. The Bertz CT molecular complexity index is 639. The van der Waals surface area contributed by atoms with Crippen LogP contribution < -0.4 is 11.2 Å². The molecule has 0 unspecified atom stereocenters. The molecule has 0 saturated heterocycles. The highest BCUT2D eigenvalue weighted by Gasteiger charge is 2.09. The monoisotopic (exact) mass is 298 g/mol. The van der Waals surface area contributed by atoms with Crippen molar-refractivity contribution < 1.29 is 4.79 Å². The second-order valence-electron chi connectivity index (χ2n) is 3.41. The number of amides is 1. The zero-order valence-corrected chi connectivity index (χ0v) is 10.9. The molecule has 0 spiro atoms. The van der Waals surface area contributed by atoms with Crippen molar-refractivity contribution in [2.75, 3.05) is 5.73 Å². The quantitative estimate of drug-likeness (QED) is 0.588. The van der Waals surface area contributed by atoms with Crippen LogP contribution >= 0.6 is 23.2 Å². The van der Waals surface area contributed by atoms with Crippen LogP contribution in [-0.2, 0) is 0 Å². The van der Waals surface area contributed by atoms with Gasteiger partial charge in [0.05, 0.1) is 11.2 Å². The molecule has 0 aliphatic carbocycles. The van der Waals surface area contributed by atoms with E-state index in [9.17, 15) is 4.79 Å². The van der Waals surface area contributed by atoms with Crippen molar-refractivity contribution in [2.24, 2.45) is 5.10 Å². The Balaban J connectivity index is 2.02. The van der Waals surface area contributed by atoms with Gasteiger partial charge in [-0.15, -0.1) is 5.10 Å². The van der Waals surface area contributed by atoms with Crippen LogP contribution in [0, 0.1) is 0 Å². The van der Waals surface area contributed by atoms with Gasteiger partial charge in [-0.25, -0.2) is 5.43 Å². The topological polar surface area (TPSA) is 109 Å². The van der Waals surface area contributed by atoms with Crippen LogP contribution in [0.4, 0.5) is 5.95 Å². The molecular formula is C10H8Cl2N6O. The second kappa shape index (κ2) is 5.68. The van der Waals surface area contributed by atoms with E-state index in [1.165, 1.54) is 6.21 Å². The summed E-state index contributed by atoms with van der Waals surface area (Å²) >= 11 is 11.7. The summed E-state index contributed by atoms with van der Waals surface area (Å²) in [5.74, 6) is -0.614. The third kappa shape index (κ3) is 3.43. The molecule has 0 fully saturated rings. The molecule has 2 rings (SSSR count). The number of nitrogens with zero attached hydrogens (tertiary/aromatic N) is 3. The summed E-state index contributed by atoms with van der Waals surface area (Å²) in [7, 11) is 0. The van der Waals surface area contributed by atoms with Gasteiger partial charge in [0.25, 0.3) is 0 Å². The number of hydrogen-bond acceptors (Lipinski definition) is 5. The maximum atomic E-state index is 11.5. The summed E-state index contributed by atoms with van der Waals surface area (Å²) in [6.07, 6.45) is 1.39. The van der Waals surface area contributed by atoms with Crippen molar-refractivity contribution in [3.8, 4) is 0 Å². The molecule has 1 aromatic heterocycles. The van der Waals surface area contributed by atoms with E-state index in [4.69, 9.17) is 28.9 Å². The molecule has 98 valence electrons. The van der Waals surface area contributed by atoms with Gasteiger partial charge >= 0.3 is 5.91 Å². The Hall–Kier alpha value is -2.12. The Morgan fingerprint density at radius 2 is 2.26 bits per heavy atom. The fourth-order valence-electron chi connectivity index (χ4n) is 1.20. The molecule has 7 nitrogen and oxygen atoms in total. The number of nitrogens with two attached hydrogens (primary N) is 1. The SMILES string of the molecule is Nc1n[nH]c(C(=O)NN=Cc2ccc(Cl)cc2Cl)n1. The van der Waals surface area contributed by atoms with Gasteiger partial charge in [-0.2, -0.15) is 10.1 Å². The number of aromatic nitrogens is 3. The van der Waals surface area contributed by atoms with Crippen molar-refractivity contribution in [1.29, 1.82) is 0 Å². The lowest BCUT2D eigenvalue weighted by Crippen LogP contribution is -2.19. The molecule has 4 N–H and O–H groups in total. The standard InChI is InChI=1S/C10H8Cl2N6O/c11-6-2-1-5(7(12)3-6)4-14-17-9(19)8-15-10(13)18-16-8/h1-4H,(H,17,19)(H3,13,15,16,18). The number of nitrogen functional groups attached to an aromatic ring is 1. The molecule has 2 aromatic rings. The van der Waals surface area contributed by atoms with Gasteiger partial charge in [-0.1, -0.05) is 29.3 Å². The fraction of sp³-hybridized carbons (Fsp3) is 0. The number of anilines is 1. The molecule has 0 bridgehead atoms. The van der Waals surface area contributed by atoms with Crippen LogP contribution in [0.15, 0.2) is 23.3 Å². The Morgan fingerprint density at radius 1 is 1.47 bits per heavy atom. The minimum Gasteiger partial charge on any atom is -0.366 e. The molecule has 1 heterocycles. The minimum absolute atomic E-state index is 0.0186. The van der Waals surface area contributed by atoms with Crippen molar-refractivity contribution in [2.45, 2.75) is 0 Å². The van der Waals surface area contributed by atoms with E-state index in [0.29, 0.717) is 15.6 Å². The molecular weight excluding hydrogens is 291 g/mol. The van der Waals surface area contributed by atoms with Crippen LogP contribution in [0.25, 0.3) is 0 Å². The summed E-state index contributed by atoms with van der Waals surface area (Å²) in [4.78, 5) is 15.2. The van der Waals surface area contributed by atoms with Crippen LogP contribution in [0.5, 0.6) is 0 Å². The van der Waals surface area contributed by atoms with Crippen LogP contribution in [0.1, 0.15) is 16.2 Å². The first-order valence-electron chi connectivity index (χ1n) is 5.02. The second-order valence-corrected chi connectivity index (χ2v) is 4.25. The summed E-state index contributed by atoms with van der Waals surface area (Å²) < 4.78 is 0. The molecule has 1 amide bonds. The maximum Gasteiger partial charge on any atom is 0.308 e. The first-order valence-corrected chi connectivity index (χ1v) is 5.78. The number of hydrogen-bond donors (Lipinski definition) is 3. The number of benzene rings is 1. The average molecular weight is 299 g/mol. The van der Waals surface area contributed by atoms with Crippen LogP contribution in [-0.4, -0.2) is 27.3 Å². The lowest BCUT2D eigenvalue weighted by Gasteiger charge is -1.98. The van der Waals surface area contributed by atoms with E-state index < -0.39 is 5.91 Å². The summed E-state index contributed by atoms with van der Waals surface area (Å²) in [5.41, 5.74) is 8.13. The summed E-state index contributed by atoms with van der Waals surface area (Å²) in [5, 5.41) is 10.6. The van der Waals surface area contributed by atoms with E-state index in [-0.39, 0.29) is 11.8 Å². The third-order valence-electron chi connectivity index (χ3n) is 2.05. The van der Waals surface area contributed by atoms with Gasteiger partial charge in [0.15, 0.2) is 0 Å². The number of nitrogens with one attached hydrogen (secondary N) is 2. The van der Waals surface area contributed by atoms with Gasteiger partial charge in [0.2, 0.25) is 11.8 Å². The van der Waals surface area contributed by atoms with Crippen molar-refractivity contribution >= 4 is 41.3 Å². The average Bonchev–Trinajstić information content (AvgIpc) is 2.78. The number of carbonyl (C=O) groups is 1. The molecule has 9 heteroatoms. The number of halogens is 2. The van der Waals surface area contributed by atoms with E-state index in [2.05, 4.69) is 25.7 Å². The lowest BCUT2D eigenvalue weighted by atomic mass is 10.2. The van der Waals surface area contributed by atoms with E-state index in [1.54, 1.807) is 18.2 Å². The Labute approximate surface area is 117 Å². The Morgan fingerprint density at radius 3 is 2.89 bits per heavy atom. The number of aromatic amines is 1. The van der Waals surface area contributed by atoms with Crippen LogP contribution in [0.2, 0.25) is 10.0 Å². The Kier molecular flexibility index (Phi) is 3.98. The highest BCUT2D eigenvalue weighted by molar-refractivity contribution is 6.36. The number of H-pyrrole nitrogens is 1.